The van der Waals surface area contributed by atoms with Crippen LogP contribution < -0.4 is 5.32 Å². The minimum absolute atomic E-state index is 0.617. The van der Waals surface area contributed by atoms with Crippen LogP contribution in [0.15, 0.2) is 36.9 Å². The van der Waals surface area contributed by atoms with Crippen LogP contribution in [0.1, 0.15) is 17.3 Å². The third-order valence-corrected chi connectivity index (χ3v) is 3.00. The standard InChI is InChI=1S/C12H14N4/c1-2-4-15-11(3-1)8-16-9-14-7-12(16)10-5-13-6-10/h1-4,7,9-10,13H,5-6,8H2. The molecule has 16 heavy (non-hydrogen) atoms. The predicted molar refractivity (Wildman–Crippen MR) is 61.2 cm³/mol. The van der Waals surface area contributed by atoms with E-state index in [0.29, 0.717) is 5.92 Å². The van der Waals surface area contributed by atoms with Gasteiger partial charge in [0.15, 0.2) is 0 Å². The highest BCUT2D eigenvalue weighted by Gasteiger charge is 2.22. The molecule has 0 atom stereocenters. The van der Waals surface area contributed by atoms with E-state index in [1.165, 1.54) is 5.69 Å². The molecular weight excluding hydrogens is 200 g/mol. The lowest BCUT2D eigenvalue weighted by Crippen LogP contribution is -2.40. The number of hydrogen-bond acceptors (Lipinski definition) is 3. The Hall–Kier alpha value is -1.68. The van der Waals surface area contributed by atoms with Crippen LogP contribution in [-0.2, 0) is 6.54 Å². The first kappa shape index (κ1) is 9.54. The third kappa shape index (κ3) is 1.72. The summed E-state index contributed by atoms with van der Waals surface area (Å²) < 4.78 is 2.19. The third-order valence-electron chi connectivity index (χ3n) is 3.00. The lowest BCUT2D eigenvalue weighted by Gasteiger charge is -2.27. The Morgan fingerprint density at radius 1 is 1.38 bits per heavy atom. The molecular formula is C12H14N4. The molecule has 1 aliphatic heterocycles. The predicted octanol–water partition coefficient (Wildman–Crippen LogP) is 1.01. The van der Waals surface area contributed by atoms with Crippen LogP contribution in [0.25, 0.3) is 0 Å². The molecule has 1 N–H and O–H groups in total. The summed E-state index contributed by atoms with van der Waals surface area (Å²) in [6.45, 7) is 2.94. The van der Waals surface area contributed by atoms with Gasteiger partial charge < -0.3 is 9.88 Å². The van der Waals surface area contributed by atoms with Crippen molar-refractivity contribution in [3.8, 4) is 0 Å². The van der Waals surface area contributed by atoms with Gasteiger partial charge in [0.05, 0.1) is 18.6 Å². The Morgan fingerprint density at radius 2 is 2.31 bits per heavy atom. The van der Waals surface area contributed by atoms with Gasteiger partial charge in [0.1, 0.15) is 0 Å². The van der Waals surface area contributed by atoms with Crippen molar-refractivity contribution in [2.75, 3.05) is 13.1 Å². The Balaban J connectivity index is 1.82. The van der Waals surface area contributed by atoms with E-state index in [4.69, 9.17) is 0 Å². The van der Waals surface area contributed by atoms with Crippen molar-refractivity contribution in [2.45, 2.75) is 12.5 Å². The molecule has 2 aromatic heterocycles. The second-order valence-electron chi connectivity index (χ2n) is 4.12. The zero-order valence-electron chi connectivity index (χ0n) is 9.00. The number of nitrogens with zero attached hydrogens (tertiary/aromatic N) is 3. The quantitative estimate of drug-likeness (QED) is 0.829. The lowest BCUT2D eigenvalue weighted by atomic mass is 10.00. The average molecular weight is 214 g/mol. The molecule has 1 aliphatic rings. The van der Waals surface area contributed by atoms with Gasteiger partial charge in [-0.15, -0.1) is 0 Å². The van der Waals surface area contributed by atoms with Crippen molar-refractivity contribution in [1.29, 1.82) is 0 Å². The molecule has 0 radical (unpaired) electrons. The van der Waals surface area contributed by atoms with Gasteiger partial charge in [-0.25, -0.2) is 4.98 Å². The molecule has 1 fully saturated rings. The summed E-state index contributed by atoms with van der Waals surface area (Å²) in [5.74, 6) is 0.617. The number of imidazole rings is 1. The molecule has 3 rings (SSSR count). The smallest absolute Gasteiger partial charge is 0.0951 e. The van der Waals surface area contributed by atoms with Crippen LogP contribution in [0.2, 0.25) is 0 Å². The fraction of sp³-hybridized carbons (Fsp3) is 0.333. The van der Waals surface area contributed by atoms with Gasteiger partial charge in [0.2, 0.25) is 0 Å². The molecule has 4 heteroatoms. The van der Waals surface area contributed by atoms with Gasteiger partial charge in [0, 0.05) is 37.1 Å². The first-order valence-corrected chi connectivity index (χ1v) is 5.54. The van der Waals surface area contributed by atoms with Crippen molar-refractivity contribution < 1.29 is 0 Å². The average Bonchev–Trinajstić information content (AvgIpc) is 2.66. The van der Waals surface area contributed by atoms with Crippen molar-refractivity contribution >= 4 is 0 Å². The summed E-state index contributed by atoms with van der Waals surface area (Å²) in [4.78, 5) is 8.56. The highest BCUT2D eigenvalue weighted by molar-refractivity contribution is 5.14. The van der Waals surface area contributed by atoms with Crippen molar-refractivity contribution in [1.82, 2.24) is 19.9 Å². The molecule has 0 aliphatic carbocycles. The lowest BCUT2D eigenvalue weighted by molar-refractivity contribution is 0.427. The second kappa shape index (κ2) is 4.06. The van der Waals surface area contributed by atoms with Crippen LogP contribution in [0.3, 0.4) is 0 Å². The van der Waals surface area contributed by atoms with Crippen LogP contribution in [0.4, 0.5) is 0 Å². The number of pyridine rings is 1. The molecule has 0 aromatic carbocycles. The van der Waals surface area contributed by atoms with Crippen LogP contribution >= 0.6 is 0 Å². The van der Waals surface area contributed by atoms with Gasteiger partial charge in [-0.2, -0.15) is 0 Å². The largest absolute Gasteiger partial charge is 0.328 e. The molecule has 0 saturated carbocycles. The van der Waals surface area contributed by atoms with E-state index in [9.17, 15) is 0 Å². The van der Waals surface area contributed by atoms with E-state index in [-0.39, 0.29) is 0 Å². The van der Waals surface area contributed by atoms with Crippen LogP contribution in [0.5, 0.6) is 0 Å². The van der Waals surface area contributed by atoms with Gasteiger partial charge in [0.25, 0.3) is 0 Å². The fourth-order valence-electron chi connectivity index (χ4n) is 1.97. The van der Waals surface area contributed by atoms with Crippen molar-refractivity contribution in [3.63, 3.8) is 0 Å². The summed E-state index contributed by atoms with van der Waals surface area (Å²) in [6, 6.07) is 6.00. The molecule has 0 amide bonds. The number of rotatable bonds is 3. The summed E-state index contributed by atoms with van der Waals surface area (Å²) in [5, 5.41) is 3.28. The zero-order chi connectivity index (χ0) is 10.8. The van der Waals surface area contributed by atoms with Crippen molar-refractivity contribution in [2.24, 2.45) is 0 Å². The SMILES string of the molecule is c1ccc(Cn2cncc2C2CNC2)nc1. The molecule has 2 aromatic rings. The summed E-state index contributed by atoms with van der Waals surface area (Å²) >= 11 is 0. The van der Waals surface area contributed by atoms with E-state index in [1.807, 2.05) is 36.9 Å². The van der Waals surface area contributed by atoms with E-state index in [1.54, 1.807) is 0 Å². The first-order chi connectivity index (χ1) is 7.93. The summed E-state index contributed by atoms with van der Waals surface area (Å²) in [7, 11) is 0. The van der Waals surface area contributed by atoms with E-state index in [2.05, 4.69) is 19.9 Å². The molecule has 0 unspecified atom stereocenters. The molecule has 1 saturated heterocycles. The van der Waals surface area contributed by atoms with E-state index in [0.717, 1.165) is 25.3 Å². The maximum Gasteiger partial charge on any atom is 0.0951 e. The Bertz CT molecular complexity index is 459. The van der Waals surface area contributed by atoms with E-state index >= 15 is 0 Å². The minimum Gasteiger partial charge on any atom is -0.328 e. The maximum atomic E-state index is 4.33. The van der Waals surface area contributed by atoms with Gasteiger partial charge in [-0.05, 0) is 12.1 Å². The highest BCUT2D eigenvalue weighted by atomic mass is 15.1. The number of nitrogens with one attached hydrogen (secondary N) is 1. The second-order valence-corrected chi connectivity index (χ2v) is 4.12. The highest BCUT2D eigenvalue weighted by Crippen LogP contribution is 2.19. The first-order valence-electron chi connectivity index (χ1n) is 5.54. The normalized spacial score (nSPS) is 16.0. The minimum atomic E-state index is 0.617. The van der Waals surface area contributed by atoms with Gasteiger partial charge >= 0.3 is 0 Å². The van der Waals surface area contributed by atoms with Gasteiger partial charge in [-0.1, -0.05) is 6.07 Å². The van der Waals surface area contributed by atoms with Gasteiger partial charge in [-0.3, -0.25) is 4.98 Å². The van der Waals surface area contributed by atoms with Crippen LogP contribution in [-0.4, -0.2) is 27.6 Å². The molecule has 0 spiro atoms. The monoisotopic (exact) mass is 214 g/mol. The Labute approximate surface area is 94.4 Å². The summed E-state index contributed by atoms with van der Waals surface area (Å²) in [6.07, 6.45) is 5.69. The number of aromatic nitrogens is 3. The van der Waals surface area contributed by atoms with Crippen molar-refractivity contribution in [3.05, 3.63) is 48.3 Å². The molecule has 3 heterocycles. The van der Waals surface area contributed by atoms with Crippen LogP contribution in [0, 0.1) is 0 Å². The zero-order valence-corrected chi connectivity index (χ0v) is 9.00. The number of hydrogen-bond donors (Lipinski definition) is 1. The molecule has 4 nitrogen and oxygen atoms in total. The Kier molecular flexibility index (Phi) is 2.42. The molecule has 82 valence electrons. The summed E-state index contributed by atoms with van der Waals surface area (Å²) in [5.41, 5.74) is 2.39. The fourth-order valence-corrected chi connectivity index (χ4v) is 1.97. The Morgan fingerprint density at radius 3 is 3.00 bits per heavy atom. The molecule has 0 bridgehead atoms. The maximum absolute atomic E-state index is 4.33. The topological polar surface area (TPSA) is 42.7 Å². The van der Waals surface area contributed by atoms with E-state index < -0.39 is 0 Å².